The van der Waals surface area contributed by atoms with E-state index in [1.54, 1.807) is 7.11 Å². The number of nitrogens with two attached hydrogens (primary N) is 1. The average Bonchev–Trinajstić information content (AvgIpc) is 3.07. The standard InChI is InChI=1S/C14H21NO/c1-9-5-4-6-12(10(9)2)13(15)14(16-3)11-7-8-11/h4-6,11,13-14H,7-8,15H2,1-3H3. The van der Waals surface area contributed by atoms with Crippen LogP contribution in [-0.4, -0.2) is 13.2 Å². The lowest BCUT2D eigenvalue weighted by atomic mass is 9.93. The maximum absolute atomic E-state index is 6.34. The van der Waals surface area contributed by atoms with Gasteiger partial charge in [0.1, 0.15) is 0 Å². The van der Waals surface area contributed by atoms with Crippen LogP contribution in [0.15, 0.2) is 18.2 Å². The molecule has 2 heteroatoms. The van der Waals surface area contributed by atoms with E-state index in [-0.39, 0.29) is 12.1 Å². The molecule has 1 fully saturated rings. The van der Waals surface area contributed by atoms with E-state index < -0.39 is 0 Å². The van der Waals surface area contributed by atoms with E-state index >= 15 is 0 Å². The van der Waals surface area contributed by atoms with E-state index in [1.807, 2.05) is 0 Å². The van der Waals surface area contributed by atoms with Crippen molar-refractivity contribution < 1.29 is 4.74 Å². The fraction of sp³-hybridized carbons (Fsp3) is 0.571. The molecule has 0 aliphatic heterocycles. The van der Waals surface area contributed by atoms with Crippen molar-refractivity contribution in [1.29, 1.82) is 0 Å². The maximum atomic E-state index is 6.34. The first-order valence-electron chi connectivity index (χ1n) is 5.99. The van der Waals surface area contributed by atoms with Crippen LogP contribution in [-0.2, 0) is 4.74 Å². The zero-order valence-electron chi connectivity index (χ0n) is 10.4. The highest BCUT2D eigenvalue weighted by molar-refractivity contribution is 5.36. The van der Waals surface area contributed by atoms with Crippen LogP contribution in [0.3, 0.4) is 0 Å². The summed E-state index contributed by atoms with van der Waals surface area (Å²) in [5, 5.41) is 0. The molecule has 2 rings (SSSR count). The summed E-state index contributed by atoms with van der Waals surface area (Å²) in [6.07, 6.45) is 2.70. The molecule has 1 aliphatic carbocycles. The van der Waals surface area contributed by atoms with Gasteiger partial charge in [0.2, 0.25) is 0 Å². The molecule has 0 radical (unpaired) electrons. The van der Waals surface area contributed by atoms with Gasteiger partial charge in [-0.3, -0.25) is 0 Å². The fourth-order valence-corrected chi connectivity index (χ4v) is 2.37. The lowest BCUT2D eigenvalue weighted by Gasteiger charge is -2.24. The molecule has 2 nitrogen and oxygen atoms in total. The molecule has 1 aromatic rings. The number of rotatable bonds is 4. The number of benzene rings is 1. The third kappa shape index (κ3) is 2.13. The molecule has 2 unspecified atom stereocenters. The fourth-order valence-electron chi connectivity index (χ4n) is 2.37. The Labute approximate surface area is 97.8 Å². The Morgan fingerprint density at radius 2 is 2.00 bits per heavy atom. The topological polar surface area (TPSA) is 35.2 Å². The number of aryl methyl sites for hydroxylation is 1. The second-order valence-corrected chi connectivity index (χ2v) is 4.85. The Morgan fingerprint density at radius 3 is 2.56 bits per heavy atom. The van der Waals surface area contributed by atoms with Gasteiger partial charge in [-0.1, -0.05) is 18.2 Å². The molecule has 1 saturated carbocycles. The highest BCUT2D eigenvalue weighted by atomic mass is 16.5. The Balaban J connectivity index is 2.24. The molecule has 0 aromatic heterocycles. The third-order valence-electron chi connectivity index (χ3n) is 3.72. The average molecular weight is 219 g/mol. The maximum Gasteiger partial charge on any atom is 0.0792 e. The van der Waals surface area contributed by atoms with Crippen LogP contribution < -0.4 is 5.73 Å². The summed E-state index contributed by atoms with van der Waals surface area (Å²) in [4.78, 5) is 0. The van der Waals surface area contributed by atoms with Gasteiger partial charge >= 0.3 is 0 Å². The zero-order valence-corrected chi connectivity index (χ0v) is 10.4. The van der Waals surface area contributed by atoms with Crippen molar-refractivity contribution in [1.82, 2.24) is 0 Å². The lowest BCUT2D eigenvalue weighted by molar-refractivity contribution is 0.0622. The third-order valence-corrected chi connectivity index (χ3v) is 3.72. The Morgan fingerprint density at radius 1 is 1.31 bits per heavy atom. The van der Waals surface area contributed by atoms with E-state index in [1.165, 1.54) is 29.5 Å². The summed E-state index contributed by atoms with van der Waals surface area (Å²) in [6, 6.07) is 6.35. The molecule has 0 bridgehead atoms. The monoisotopic (exact) mass is 219 g/mol. The van der Waals surface area contributed by atoms with Gasteiger partial charge in [0, 0.05) is 7.11 Å². The van der Waals surface area contributed by atoms with E-state index in [4.69, 9.17) is 10.5 Å². The first-order valence-corrected chi connectivity index (χ1v) is 5.99. The Hall–Kier alpha value is -0.860. The van der Waals surface area contributed by atoms with Crippen molar-refractivity contribution in [3.8, 4) is 0 Å². The van der Waals surface area contributed by atoms with Crippen LogP contribution in [0.1, 0.15) is 35.6 Å². The van der Waals surface area contributed by atoms with Gasteiger partial charge in [-0.05, 0) is 49.3 Å². The predicted molar refractivity (Wildman–Crippen MR) is 66.4 cm³/mol. The normalized spacial score (nSPS) is 19.5. The molecular formula is C14H21NO. The van der Waals surface area contributed by atoms with Crippen molar-refractivity contribution in [3.05, 3.63) is 34.9 Å². The van der Waals surface area contributed by atoms with Crippen LogP contribution in [0.5, 0.6) is 0 Å². The first-order chi connectivity index (χ1) is 7.65. The van der Waals surface area contributed by atoms with Gasteiger partial charge in [-0.2, -0.15) is 0 Å². The van der Waals surface area contributed by atoms with Crippen molar-refractivity contribution in [2.45, 2.75) is 38.8 Å². The van der Waals surface area contributed by atoms with Crippen LogP contribution in [0.25, 0.3) is 0 Å². The van der Waals surface area contributed by atoms with Crippen LogP contribution in [0, 0.1) is 19.8 Å². The number of ether oxygens (including phenoxy) is 1. The summed E-state index contributed by atoms with van der Waals surface area (Å²) in [6.45, 7) is 4.27. The second kappa shape index (κ2) is 4.56. The number of hydrogen-bond acceptors (Lipinski definition) is 2. The molecule has 0 spiro atoms. The molecule has 2 N–H and O–H groups in total. The molecular weight excluding hydrogens is 198 g/mol. The van der Waals surface area contributed by atoms with Gasteiger partial charge in [0.15, 0.2) is 0 Å². The molecule has 0 amide bonds. The number of hydrogen-bond donors (Lipinski definition) is 1. The SMILES string of the molecule is COC(C1CC1)C(N)c1cccc(C)c1C. The molecule has 0 heterocycles. The Bertz CT molecular complexity index is 371. The summed E-state index contributed by atoms with van der Waals surface area (Å²) in [5.41, 5.74) is 10.2. The van der Waals surface area contributed by atoms with Gasteiger partial charge in [0.25, 0.3) is 0 Å². The summed E-state index contributed by atoms with van der Waals surface area (Å²) in [7, 11) is 1.77. The van der Waals surface area contributed by atoms with Gasteiger partial charge in [0.05, 0.1) is 12.1 Å². The largest absolute Gasteiger partial charge is 0.379 e. The number of methoxy groups -OCH3 is 1. The molecule has 0 saturated heterocycles. The van der Waals surface area contributed by atoms with Crippen LogP contribution in [0.2, 0.25) is 0 Å². The summed E-state index contributed by atoms with van der Waals surface area (Å²) in [5.74, 6) is 0.667. The van der Waals surface area contributed by atoms with Crippen LogP contribution in [0.4, 0.5) is 0 Å². The van der Waals surface area contributed by atoms with Gasteiger partial charge in [-0.15, -0.1) is 0 Å². The van der Waals surface area contributed by atoms with Gasteiger partial charge in [-0.25, -0.2) is 0 Å². The van der Waals surface area contributed by atoms with E-state index in [0.29, 0.717) is 5.92 Å². The minimum atomic E-state index is 0.0115. The smallest absolute Gasteiger partial charge is 0.0792 e. The first kappa shape index (κ1) is 11.6. The second-order valence-electron chi connectivity index (χ2n) is 4.85. The minimum Gasteiger partial charge on any atom is -0.379 e. The summed E-state index contributed by atoms with van der Waals surface area (Å²) >= 11 is 0. The Kier molecular flexibility index (Phi) is 3.31. The summed E-state index contributed by atoms with van der Waals surface area (Å²) < 4.78 is 5.56. The molecule has 2 atom stereocenters. The van der Waals surface area contributed by atoms with Crippen LogP contribution >= 0.6 is 0 Å². The van der Waals surface area contributed by atoms with E-state index in [9.17, 15) is 0 Å². The van der Waals surface area contributed by atoms with Crippen molar-refractivity contribution in [2.75, 3.05) is 7.11 Å². The molecule has 88 valence electrons. The van der Waals surface area contributed by atoms with E-state index in [0.717, 1.165) is 0 Å². The quantitative estimate of drug-likeness (QED) is 0.845. The molecule has 16 heavy (non-hydrogen) atoms. The molecule has 1 aliphatic rings. The van der Waals surface area contributed by atoms with E-state index in [2.05, 4.69) is 32.0 Å². The highest BCUT2D eigenvalue weighted by Gasteiger charge is 2.36. The lowest BCUT2D eigenvalue weighted by Crippen LogP contribution is -2.30. The highest BCUT2D eigenvalue weighted by Crippen LogP contribution is 2.39. The zero-order chi connectivity index (χ0) is 11.7. The van der Waals surface area contributed by atoms with Crippen molar-refractivity contribution >= 4 is 0 Å². The van der Waals surface area contributed by atoms with Crippen molar-refractivity contribution in [2.24, 2.45) is 11.7 Å². The predicted octanol–water partition coefficient (Wildman–Crippen LogP) is 2.73. The molecule has 1 aromatic carbocycles. The van der Waals surface area contributed by atoms with Crippen molar-refractivity contribution in [3.63, 3.8) is 0 Å². The van der Waals surface area contributed by atoms with Gasteiger partial charge < -0.3 is 10.5 Å². The minimum absolute atomic E-state index is 0.0115.